The van der Waals surface area contributed by atoms with Crippen LogP contribution in [0.15, 0.2) is 48.5 Å². The van der Waals surface area contributed by atoms with Gasteiger partial charge in [0.05, 0.1) is 12.7 Å². The molecule has 0 radical (unpaired) electrons. The van der Waals surface area contributed by atoms with Crippen molar-refractivity contribution in [3.8, 4) is 0 Å². The van der Waals surface area contributed by atoms with Crippen molar-refractivity contribution < 1.29 is 14.3 Å². The molecule has 6 heteroatoms. The topological polar surface area (TPSA) is 81.4 Å². The second kappa shape index (κ2) is 7.65. The van der Waals surface area contributed by atoms with Crippen molar-refractivity contribution in [3.63, 3.8) is 0 Å². The molecule has 2 aromatic rings. The van der Waals surface area contributed by atoms with Gasteiger partial charge in [0.2, 0.25) is 0 Å². The van der Waals surface area contributed by atoms with Crippen molar-refractivity contribution in [2.24, 2.45) is 0 Å². The lowest BCUT2D eigenvalue weighted by molar-refractivity contribution is -0.142. The molecule has 0 spiro atoms. The molecule has 0 aliphatic carbocycles. The molecule has 3 N–H and O–H groups in total. The number of carbonyl (C=O) groups excluding carboxylic acids is 2. The van der Waals surface area contributed by atoms with Crippen molar-refractivity contribution in [1.82, 2.24) is 5.32 Å². The molecule has 0 fully saturated rings. The fourth-order valence-electron chi connectivity index (χ4n) is 2.13. The molecule has 0 aliphatic heterocycles. The highest BCUT2D eigenvalue weighted by Gasteiger charge is 2.23. The van der Waals surface area contributed by atoms with Crippen molar-refractivity contribution in [2.45, 2.75) is 12.5 Å². The van der Waals surface area contributed by atoms with Gasteiger partial charge in [-0.3, -0.25) is 4.79 Å². The molecule has 0 saturated carbocycles. The van der Waals surface area contributed by atoms with E-state index in [2.05, 4.69) is 5.32 Å². The number of hydrogen-bond acceptors (Lipinski definition) is 4. The van der Waals surface area contributed by atoms with E-state index in [1.807, 2.05) is 0 Å². The zero-order chi connectivity index (χ0) is 16.8. The summed E-state index contributed by atoms with van der Waals surface area (Å²) in [6, 6.07) is 12.9. The van der Waals surface area contributed by atoms with Crippen LogP contribution >= 0.6 is 11.6 Å². The molecule has 23 heavy (non-hydrogen) atoms. The van der Waals surface area contributed by atoms with Crippen LogP contribution in [-0.2, 0) is 16.0 Å². The van der Waals surface area contributed by atoms with Crippen LogP contribution in [-0.4, -0.2) is 25.0 Å². The van der Waals surface area contributed by atoms with Gasteiger partial charge in [0.1, 0.15) is 6.04 Å². The Labute approximate surface area is 139 Å². The summed E-state index contributed by atoms with van der Waals surface area (Å²) in [7, 11) is 1.28. The molecular formula is C17H17ClN2O3. The molecule has 120 valence electrons. The Morgan fingerprint density at radius 3 is 2.43 bits per heavy atom. The molecule has 2 rings (SSSR count). The number of halogens is 1. The number of nitrogens with two attached hydrogens (primary N) is 1. The minimum atomic E-state index is -0.812. The number of rotatable bonds is 5. The van der Waals surface area contributed by atoms with E-state index in [4.69, 9.17) is 22.1 Å². The maximum absolute atomic E-state index is 12.3. The summed E-state index contributed by atoms with van der Waals surface area (Å²) in [5.41, 5.74) is 7.30. The van der Waals surface area contributed by atoms with E-state index >= 15 is 0 Å². The van der Waals surface area contributed by atoms with Gasteiger partial charge in [0, 0.05) is 17.1 Å². The van der Waals surface area contributed by atoms with Crippen LogP contribution in [0.5, 0.6) is 0 Å². The summed E-state index contributed by atoms with van der Waals surface area (Å²) in [4.78, 5) is 24.3. The van der Waals surface area contributed by atoms with Gasteiger partial charge in [0.25, 0.3) is 5.91 Å². The molecule has 0 saturated heterocycles. The Morgan fingerprint density at radius 2 is 1.83 bits per heavy atom. The van der Waals surface area contributed by atoms with Crippen LogP contribution in [0.1, 0.15) is 15.9 Å². The minimum Gasteiger partial charge on any atom is -0.467 e. The van der Waals surface area contributed by atoms with E-state index in [9.17, 15) is 9.59 Å². The lowest BCUT2D eigenvalue weighted by atomic mass is 10.1. The Kier molecular flexibility index (Phi) is 5.60. The average Bonchev–Trinajstić information content (AvgIpc) is 2.55. The Balaban J connectivity index is 2.15. The SMILES string of the molecule is COC(=O)C(Cc1ccc(Cl)cc1)NC(=O)c1ccccc1N. The largest absolute Gasteiger partial charge is 0.467 e. The van der Waals surface area contributed by atoms with Crippen molar-refractivity contribution >= 4 is 29.2 Å². The number of hydrogen-bond donors (Lipinski definition) is 2. The first-order chi connectivity index (χ1) is 11.0. The summed E-state index contributed by atoms with van der Waals surface area (Å²) in [5, 5.41) is 3.26. The number of nitrogens with one attached hydrogen (secondary N) is 1. The third-order valence-electron chi connectivity index (χ3n) is 3.35. The van der Waals surface area contributed by atoms with Crippen LogP contribution in [0.25, 0.3) is 0 Å². The Hall–Kier alpha value is -2.53. The van der Waals surface area contributed by atoms with Gasteiger partial charge in [-0.25, -0.2) is 4.79 Å². The number of anilines is 1. The predicted octanol–water partition coefficient (Wildman–Crippen LogP) is 2.44. The molecule has 1 amide bonds. The average molecular weight is 333 g/mol. The monoisotopic (exact) mass is 332 g/mol. The molecule has 0 heterocycles. The molecule has 0 bridgehead atoms. The van der Waals surface area contributed by atoms with Gasteiger partial charge in [-0.15, -0.1) is 0 Å². The lowest BCUT2D eigenvalue weighted by Crippen LogP contribution is -2.43. The first kappa shape index (κ1) is 16.8. The maximum Gasteiger partial charge on any atom is 0.328 e. The van der Waals surface area contributed by atoms with E-state index in [1.165, 1.54) is 7.11 Å². The number of methoxy groups -OCH3 is 1. The first-order valence-corrected chi connectivity index (χ1v) is 7.36. The number of benzene rings is 2. The van der Waals surface area contributed by atoms with E-state index < -0.39 is 17.9 Å². The van der Waals surface area contributed by atoms with E-state index in [1.54, 1.807) is 48.5 Å². The van der Waals surface area contributed by atoms with E-state index in [0.717, 1.165) is 5.56 Å². The summed E-state index contributed by atoms with van der Waals surface area (Å²) < 4.78 is 4.76. The molecule has 2 aromatic carbocycles. The summed E-state index contributed by atoms with van der Waals surface area (Å²) in [6.07, 6.45) is 0.294. The van der Waals surface area contributed by atoms with Gasteiger partial charge in [0.15, 0.2) is 0 Å². The summed E-state index contributed by atoms with van der Waals surface area (Å²) in [5.74, 6) is -0.949. The number of carbonyl (C=O) groups is 2. The lowest BCUT2D eigenvalue weighted by Gasteiger charge is -2.17. The molecule has 5 nitrogen and oxygen atoms in total. The van der Waals surface area contributed by atoms with Crippen LogP contribution < -0.4 is 11.1 Å². The number of ether oxygens (including phenoxy) is 1. The smallest absolute Gasteiger partial charge is 0.328 e. The van der Waals surface area contributed by atoms with Gasteiger partial charge < -0.3 is 15.8 Å². The zero-order valence-electron chi connectivity index (χ0n) is 12.6. The second-order valence-corrected chi connectivity index (χ2v) is 5.40. The summed E-state index contributed by atoms with van der Waals surface area (Å²) in [6.45, 7) is 0. The Bertz CT molecular complexity index is 701. The molecule has 1 atom stereocenters. The molecule has 0 aliphatic rings. The van der Waals surface area contributed by atoms with Gasteiger partial charge in [-0.05, 0) is 29.8 Å². The highest BCUT2D eigenvalue weighted by atomic mass is 35.5. The third kappa shape index (κ3) is 4.47. The van der Waals surface area contributed by atoms with Crippen molar-refractivity contribution in [3.05, 3.63) is 64.7 Å². The van der Waals surface area contributed by atoms with E-state index in [-0.39, 0.29) is 0 Å². The zero-order valence-corrected chi connectivity index (χ0v) is 13.3. The van der Waals surface area contributed by atoms with Crippen molar-refractivity contribution in [2.75, 3.05) is 12.8 Å². The Morgan fingerprint density at radius 1 is 1.17 bits per heavy atom. The van der Waals surface area contributed by atoms with Crippen LogP contribution in [0.4, 0.5) is 5.69 Å². The first-order valence-electron chi connectivity index (χ1n) is 6.99. The molecule has 0 aromatic heterocycles. The molecule has 1 unspecified atom stereocenters. The number of nitrogen functional groups attached to an aromatic ring is 1. The number of amides is 1. The van der Waals surface area contributed by atoms with E-state index in [0.29, 0.717) is 22.7 Å². The van der Waals surface area contributed by atoms with Gasteiger partial charge >= 0.3 is 5.97 Å². The fourth-order valence-corrected chi connectivity index (χ4v) is 2.26. The molecular weight excluding hydrogens is 316 g/mol. The van der Waals surface area contributed by atoms with Gasteiger partial charge in [-0.2, -0.15) is 0 Å². The van der Waals surface area contributed by atoms with Crippen LogP contribution in [0.3, 0.4) is 0 Å². The fraction of sp³-hybridized carbons (Fsp3) is 0.176. The second-order valence-electron chi connectivity index (χ2n) is 4.97. The van der Waals surface area contributed by atoms with Crippen molar-refractivity contribution in [1.29, 1.82) is 0 Å². The number of esters is 1. The van der Waals surface area contributed by atoms with Crippen LogP contribution in [0, 0.1) is 0 Å². The highest BCUT2D eigenvalue weighted by Crippen LogP contribution is 2.14. The van der Waals surface area contributed by atoms with Crippen LogP contribution in [0.2, 0.25) is 5.02 Å². The highest BCUT2D eigenvalue weighted by molar-refractivity contribution is 6.30. The number of para-hydroxylation sites is 1. The maximum atomic E-state index is 12.3. The quantitative estimate of drug-likeness (QED) is 0.651. The normalized spacial score (nSPS) is 11.6. The van der Waals surface area contributed by atoms with Gasteiger partial charge in [-0.1, -0.05) is 35.9 Å². The minimum absolute atomic E-state index is 0.294. The third-order valence-corrected chi connectivity index (χ3v) is 3.60. The predicted molar refractivity (Wildman–Crippen MR) is 89.3 cm³/mol. The standard InChI is InChI=1S/C17H17ClN2O3/c1-23-17(22)15(10-11-6-8-12(18)9-7-11)20-16(21)13-4-2-3-5-14(13)19/h2-9,15H,10,19H2,1H3,(H,20,21). The summed E-state index contributed by atoms with van der Waals surface area (Å²) >= 11 is 5.84.